The first kappa shape index (κ1) is 19.5. The number of esters is 1. The number of hydrogen-bond donors (Lipinski definition) is 2. The van der Waals surface area contributed by atoms with E-state index >= 15 is 0 Å². The van der Waals surface area contributed by atoms with Crippen molar-refractivity contribution in [2.75, 3.05) is 17.3 Å². The second-order valence-corrected chi connectivity index (χ2v) is 7.96. The number of carbonyl (C=O) groups is 2. The van der Waals surface area contributed by atoms with Crippen molar-refractivity contribution in [3.8, 4) is 5.75 Å². The maximum atomic E-state index is 12.2. The van der Waals surface area contributed by atoms with Crippen LogP contribution < -0.4 is 15.4 Å². The van der Waals surface area contributed by atoms with E-state index in [1.165, 1.54) is 0 Å². The molecule has 0 aliphatic carbocycles. The molecule has 1 aromatic rings. The Labute approximate surface area is 157 Å². The summed E-state index contributed by atoms with van der Waals surface area (Å²) >= 11 is 7.04. The summed E-state index contributed by atoms with van der Waals surface area (Å²) in [5.74, 6) is 0.837. The van der Waals surface area contributed by atoms with Crippen LogP contribution in [0.25, 0.3) is 0 Å². The highest BCUT2D eigenvalue weighted by Crippen LogP contribution is 2.27. The molecule has 2 N–H and O–H groups in total. The van der Waals surface area contributed by atoms with E-state index in [0.717, 1.165) is 5.75 Å². The van der Waals surface area contributed by atoms with E-state index in [1.54, 1.807) is 50.7 Å². The standard InChI is InChI=1S/C17H22N2O4S2/c1-17(2,3)23-16(21)18-10-5-6-13-11(9-10)14(24)19-12(7-8-25-4)15(20)22-13/h5-6,9,12H,7-8H2,1-4H3,(H,18,21)(H,19,24)/t12-/m0/s1. The summed E-state index contributed by atoms with van der Waals surface area (Å²) in [6, 6.07) is 4.44. The lowest BCUT2D eigenvalue weighted by atomic mass is 10.1. The average Bonchev–Trinajstić information content (AvgIpc) is 2.61. The van der Waals surface area contributed by atoms with Gasteiger partial charge in [-0.15, -0.1) is 0 Å². The van der Waals surface area contributed by atoms with E-state index in [4.69, 9.17) is 21.7 Å². The van der Waals surface area contributed by atoms with Gasteiger partial charge in [0.15, 0.2) is 0 Å². The Balaban J connectivity index is 2.16. The van der Waals surface area contributed by atoms with E-state index in [9.17, 15) is 9.59 Å². The molecule has 0 radical (unpaired) electrons. The quantitative estimate of drug-likeness (QED) is 0.470. The van der Waals surface area contributed by atoms with Crippen LogP contribution in [0.1, 0.15) is 32.8 Å². The molecule has 8 heteroatoms. The van der Waals surface area contributed by atoms with Crippen LogP contribution in [-0.2, 0) is 9.53 Å². The van der Waals surface area contributed by atoms with Crippen molar-refractivity contribution in [1.29, 1.82) is 0 Å². The minimum atomic E-state index is -0.591. The number of thiocarbonyl (C=S) groups is 1. The lowest BCUT2D eigenvalue weighted by Gasteiger charge is -2.20. The maximum Gasteiger partial charge on any atom is 0.412 e. The third-order valence-electron chi connectivity index (χ3n) is 3.28. The first-order valence-corrected chi connectivity index (χ1v) is 9.65. The molecule has 0 aromatic heterocycles. The second-order valence-electron chi connectivity index (χ2n) is 6.57. The van der Waals surface area contributed by atoms with Gasteiger partial charge in [0.25, 0.3) is 0 Å². The van der Waals surface area contributed by atoms with Crippen LogP contribution in [-0.4, -0.2) is 40.7 Å². The zero-order chi connectivity index (χ0) is 18.6. The number of carbonyl (C=O) groups excluding carboxylic acids is 2. The number of fused-ring (bicyclic) bond motifs is 1. The molecule has 1 aliphatic heterocycles. The highest BCUT2D eigenvalue weighted by Gasteiger charge is 2.28. The molecule has 1 heterocycles. The van der Waals surface area contributed by atoms with E-state index in [-0.39, 0.29) is 5.97 Å². The Bertz CT molecular complexity index is 686. The van der Waals surface area contributed by atoms with Gasteiger partial charge in [-0.05, 0) is 57.4 Å². The van der Waals surface area contributed by atoms with Gasteiger partial charge >= 0.3 is 12.1 Å². The normalized spacial score (nSPS) is 17.0. The molecule has 1 aliphatic rings. The summed E-state index contributed by atoms with van der Waals surface area (Å²) in [5, 5.41) is 5.69. The van der Waals surface area contributed by atoms with Crippen molar-refractivity contribution < 1.29 is 19.1 Å². The van der Waals surface area contributed by atoms with Crippen LogP contribution in [0.5, 0.6) is 5.75 Å². The summed E-state index contributed by atoms with van der Waals surface area (Å²) in [7, 11) is 0. The second kappa shape index (κ2) is 8.05. The fourth-order valence-corrected chi connectivity index (χ4v) is 2.97. The van der Waals surface area contributed by atoms with E-state index in [0.29, 0.717) is 28.4 Å². The number of anilines is 1. The molecule has 0 spiro atoms. The summed E-state index contributed by atoms with van der Waals surface area (Å²) < 4.78 is 10.7. The van der Waals surface area contributed by atoms with Crippen molar-refractivity contribution in [2.24, 2.45) is 0 Å². The zero-order valence-electron chi connectivity index (χ0n) is 14.7. The minimum Gasteiger partial charge on any atom is -0.444 e. The third kappa shape index (κ3) is 5.61. The van der Waals surface area contributed by atoms with Crippen LogP contribution >= 0.6 is 24.0 Å². The molecule has 0 bridgehead atoms. The van der Waals surface area contributed by atoms with Crippen LogP contribution in [0.2, 0.25) is 0 Å². The van der Waals surface area contributed by atoms with Gasteiger partial charge in [-0.3, -0.25) is 5.32 Å². The molecular weight excluding hydrogens is 360 g/mol. The largest absolute Gasteiger partial charge is 0.444 e. The number of amides is 1. The Morgan fingerprint density at radius 3 is 2.80 bits per heavy atom. The number of ether oxygens (including phenoxy) is 2. The van der Waals surface area contributed by atoms with Crippen LogP contribution in [0.15, 0.2) is 18.2 Å². The number of thioether (sulfide) groups is 1. The first-order valence-electron chi connectivity index (χ1n) is 7.85. The predicted octanol–water partition coefficient (Wildman–Crippen LogP) is 3.34. The molecule has 1 amide bonds. The first-order chi connectivity index (χ1) is 11.7. The van der Waals surface area contributed by atoms with Gasteiger partial charge in [0.2, 0.25) is 0 Å². The topological polar surface area (TPSA) is 76.7 Å². The summed E-state index contributed by atoms with van der Waals surface area (Å²) in [5.41, 5.74) is 0.478. The van der Waals surface area contributed by atoms with Crippen molar-refractivity contribution in [3.05, 3.63) is 23.8 Å². The molecule has 136 valence electrons. The van der Waals surface area contributed by atoms with Gasteiger partial charge < -0.3 is 14.8 Å². The molecule has 0 unspecified atom stereocenters. The smallest absolute Gasteiger partial charge is 0.412 e. The zero-order valence-corrected chi connectivity index (χ0v) is 16.3. The highest BCUT2D eigenvalue weighted by molar-refractivity contribution is 7.98. The van der Waals surface area contributed by atoms with E-state index in [1.807, 2.05) is 6.26 Å². The molecule has 1 aromatic carbocycles. The maximum absolute atomic E-state index is 12.2. The third-order valence-corrected chi connectivity index (χ3v) is 4.26. The Morgan fingerprint density at radius 1 is 1.44 bits per heavy atom. The number of hydrogen-bond acceptors (Lipinski definition) is 6. The van der Waals surface area contributed by atoms with Gasteiger partial charge in [-0.2, -0.15) is 11.8 Å². The molecule has 6 nitrogen and oxygen atoms in total. The minimum absolute atomic E-state index is 0.358. The van der Waals surface area contributed by atoms with Crippen LogP contribution in [0, 0.1) is 0 Å². The molecule has 25 heavy (non-hydrogen) atoms. The predicted molar refractivity (Wildman–Crippen MR) is 104 cm³/mol. The Morgan fingerprint density at radius 2 is 2.16 bits per heavy atom. The molecular formula is C17H22N2O4S2. The lowest BCUT2D eigenvalue weighted by molar-refractivity contribution is -0.136. The number of nitrogens with one attached hydrogen (secondary N) is 2. The molecule has 0 saturated heterocycles. The van der Waals surface area contributed by atoms with E-state index < -0.39 is 17.7 Å². The lowest BCUT2D eigenvalue weighted by Crippen LogP contribution is -2.40. The molecule has 0 fully saturated rings. The van der Waals surface area contributed by atoms with Gasteiger partial charge in [0.05, 0.1) is 5.56 Å². The van der Waals surface area contributed by atoms with Crippen molar-refractivity contribution in [2.45, 2.75) is 38.8 Å². The molecule has 2 rings (SSSR count). The van der Waals surface area contributed by atoms with E-state index in [2.05, 4.69) is 10.6 Å². The van der Waals surface area contributed by atoms with Crippen LogP contribution in [0.4, 0.5) is 10.5 Å². The van der Waals surface area contributed by atoms with Crippen molar-refractivity contribution >= 4 is 46.7 Å². The summed E-state index contributed by atoms with van der Waals surface area (Å²) in [6.07, 6.45) is 2.04. The highest BCUT2D eigenvalue weighted by atomic mass is 32.2. The van der Waals surface area contributed by atoms with Crippen molar-refractivity contribution in [1.82, 2.24) is 5.32 Å². The van der Waals surface area contributed by atoms with Crippen LogP contribution in [0.3, 0.4) is 0 Å². The molecule has 0 saturated carbocycles. The molecule has 1 atom stereocenters. The van der Waals surface area contributed by atoms with Gasteiger partial charge in [0.1, 0.15) is 22.4 Å². The number of rotatable bonds is 4. The summed E-state index contributed by atoms with van der Waals surface area (Å²) in [4.78, 5) is 24.5. The summed E-state index contributed by atoms with van der Waals surface area (Å²) in [6.45, 7) is 5.37. The van der Waals surface area contributed by atoms with Gasteiger partial charge in [-0.1, -0.05) is 12.2 Å². The van der Waals surface area contributed by atoms with Crippen molar-refractivity contribution in [3.63, 3.8) is 0 Å². The fraction of sp³-hybridized carbons (Fsp3) is 0.471. The average molecular weight is 383 g/mol. The SMILES string of the molecule is CSCC[C@@H]1NC(=S)c2cc(NC(=O)OC(C)(C)C)ccc2OC1=O. The number of benzene rings is 1. The Hall–Kier alpha value is -1.80. The van der Waals surface area contributed by atoms with Gasteiger partial charge in [0, 0.05) is 5.69 Å². The van der Waals surface area contributed by atoms with Gasteiger partial charge in [-0.25, -0.2) is 9.59 Å². The fourth-order valence-electron chi connectivity index (χ4n) is 2.20. The Kier molecular flexibility index (Phi) is 6.29. The monoisotopic (exact) mass is 382 g/mol.